The number of hydrogen-bond acceptors (Lipinski definition) is 1. The summed E-state index contributed by atoms with van der Waals surface area (Å²) in [6, 6.07) is 15.7. The van der Waals surface area contributed by atoms with Gasteiger partial charge in [-0.25, -0.2) is 4.39 Å². The molecule has 18 heavy (non-hydrogen) atoms. The summed E-state index contributed by atoms with van der Waals surface area (Å²) in [7, 11) is 0. The average molecular weight is 260 g/mol. The van der Waals surface area contributed by atoms with E-state index in [4.69, 9.17) is 11.6 Å². The van der Waals surface area contributed by atoms with Gasteiger partial charge in [-0.05, 0) is 41.8 Å². The summed E-state index contributed by atoms with van der Waals surface area (Å²) in [6.45, 7) is 0. The highest BCUT2D eigenvalue weighted by Crippen LogP contribution is 2.22. The summed E-state index contributed by atoms with van der Waals surface area (Å²) in [5, 5.41) is 9.86. The predicted molar refractivity (Wildman–Crippen MR) is 69.9 cm³/mol. The van der Waals surface area contributed by atoms with Gasteiger partial charge in [-0.2, -0.15) is 5.26 Å². The highest BCUT2D eigenvalue weighted by atomic mass is 35.5. The van der Waals surface area contributed by atoms with Gasteiger partial charge in [-0.3, -0.25) is 0 Å². The van der Waals surface area contributed by atoms with E-state index in [0.29, 0.717) is 11.4 Å². The lowest BCUT2D eigenvalue weighted by Gasteiger charge is -2.09. The normalized spacial score (nSPS) is 11.8. The van der Waals surface area contributed by atoms with Crippen molar-refractivity contribution < 1.29 is 4.39 Å². The molecule has 2 rings (SSSR count). The van der Waals surface area contributed by atoms with E-state index in [-0.39, 0.29) is 11.7 Å². The number of benzene rings is 2. The molecule has 90 valence electrons. The van der Waals surface area contributed by atoms with Gasteiger partial charge < -0.3 is 0 Å². The number of halogens is 2. The van der Waals surface area contributed by atoms with Crippen molar-refractivity contribution in [2.45, 2.75) is 12.3 Å². The number of nitrogens with zero attached hydrogens (tertiary/aromatic N) is 1. The summed E-state index contributed by atoms with van der Waals surface area (Å²) >= 11 is 5.81. The lowest BCUT2D eigenvalue weighted by molar-refractivity contribution is 0.626. The smallest absolute Gasteiger partial charge is 0.123 e. The molecule has 0 saturated heterocycles. The van der Waals surface area contributed by atoms with Gasteiger partial charge in [0.2, 0.25) is 0 Å². The van der Waals surface area contributed by atoms with Gasteiger partial charge in [0.1, 0.15) is 5.82 Å². The maximum Gasteiger partial charge on any atom is 0.123 e. The molecule has 0 fully saturated rings. The average Bonchev–Trinajstić information content (AvgIpc) is 2.39. The molecule has 0 N–H and O–H groups in total. The molecule has 0 heterocycles. The van der Waals surface area contributed by atoms with Crippen LogP contribution >= 0.6 is 11.6 Å². The second-order valence-electron chi connectivity index (χ2n) is 4.06. The van der Waals surface area contributed by atoms with Gasteiger partial charge in [0.15, 0.2) is 0 Å². The first-order chi connectivity index (χ1) is 8.69. The third-order valence-corrected chi connectivity index (χ3v) is 3.03. The molecule has 0 radical (unpaired) electrons. The Hall–Kier alpha value is -1.85. The largest absolute Gasteiger partial charge is 0.207 e. The van der Waals surface area contributed by atoms with Gasteiger partial charge in [0, 0.05) is 5.02 Å². The first-order valence-electron chi connectivity index (χ1n) is 5.58. The molecule has 0 spiro atoms. The van der Waals surface area contributed by atoms with E-state index in [1.165, 1.54) is 12.1 Å². The van der Waals surface area contributed by atoms with Crippen LogP contribution in [0.1, 0.15) is 17.0 Å². The standard InChI is InChI=1S/C15H11ClFN/c16-14-5-3-12(4-6-14)13(10-18)9-11-1-7-15(17)8-2-11/h1-8,13H,9H2. The lowest BCUT2D eigenvalue weighted by atomic mass is 9.93. The topological polar surface area (TPSA) is 23.8 Å². The zero-order valence-corrected chi connectivity index (χ0v) is 10.4. The van der Waals surface area contributed by atoms with Crippen LogP contribution in [0.15, 0.2) is 48.5 Å². The van der Waals surface area contributed by atoms with Crippen molar-refractivity contribution in [1.29, 1.82) is 5.26 Å². The fourth-order valence-corrected chi connectivity index (χ4v) is 1.92. The van der Waals surface area contributed by atoms with Gasteiger partial charge in [-0.1, -0.05) is 35.9 Å². The molecule has 0 aromatic heterocycles. The van der Waals surface area contributed by atoms with Crippen molar-refractivity contribution >= 4 is 11.6 Å². The summed E-state index contributed by atoms with van der Waals surface area (Å²) in [6.07, 6.45) is 0.568. The summed E-state index contributed by atoms with van der Waals surface area (Å²) in [5.74, 6) is -0.508. The van der Waals surface area contributed by atoms with Gasteiger partial charge >= 0.3 is 0 Å². The van der Waals surface area contributed by atoms with E-state index in [0.717, 1.165) is 11.1 Å². The Kier molecular flexibility index (Phi) is 3.96. The molecule has 0 aliphatic heterocycles. The maximum absolute atomic E-state index is 12.8. The van der Waals surface area contributed by atoms with Gasteiger partial charge in [0.25, 0.3) is 0 Å². The van der Waals surface area contributed by atoms with E-state index < -0.39 is 0 Å². The van der Waals surface area contributed by atoms with Crippen molar-refractivity contribution in [1.82, 2.24) is 0 Å². The van der Waals surface area contributed by atoms with Gasteiger partial charge in [-0.15, -0.1) is 0 Å². The minimum atomic E-state index is -0.265. The van der Waals surface area contributed by atoms with Crippen molar-refractivity contribution in [2.75, 3.05) is 0 Å². The van der Waals surface area contributed by atoms with Crippen LogP contribution in [-0.4, -0.2) is 0 Å². The zero-order valence-electron chi connectivity index (χ0n) is 9.61. The fourth-order valence-electron chi connectivity index (χ4n) is 1.79. The Bertz CT molecular complexity index is 555. The monoisotopic (exact) mass is 259 g/mol. The number of rotatable bonds is 3. The minimum Gasteiger partial charge on any atom is -0.207 e. The van der Waals surface area contributed by atoms with E-state index in [1.54, 1.807) is 24.3 Å². The van der Waals surface area contributed by atoms with E-state index in [2.05, 4.69) is 6.07 Å². The molecule has 0 aliphatic rings. The van der Waals surface area contributed by atoms with E-state index in [1.807, 2.05) is 12.1 Å². The summed E-state index contributed by atoms with van der Waals surface area (Å²) in [4.78, 5) is 0. The second-order valence-corrected chi connectivity index (χ2v) is 4.50. The third kappa shape index (κ3) is 3.09. The number of nitriles is 1. The van der Waals surface area contributed by atoms with Crippen molar-refractivity contribution in [3.63, 3.8) is 0 Å². The lowest BCUT2D eigenvalue weighted by Crippen LogP contribution is -2.00. The summed E-state index contributed by atoms with van der Waals surface area (Å²) in [5.41, 5.74) is 1.86. The Morgan fingerprint density at radius 3 is 2.22 bits per heavy atom. The molecule has 0 saturated carbocycles. The molecular weight excluding hydrogens is 249 g/mol. The van der Waals surface area contributed by atoms with Crippen LogP contribution in [0.5, 0.6) is 0 Å². The quantitative estimate of drug-likeness (QED) is 0.805. The first kappa shape index (κ1) is 12.6. The molecule has 2 aromatic carbocycles. The SMILES string of the molecule is N#CC(Cc1ccc(F)cc1)c1ccc(Cl)cc1. The highest BCUT2D eigenvalue weighted by Gasteiger charge is 2.11. The molecule has 2 aromatic rings. The highest BCUT2D eigenvalue weighted by molar-refractivity contribution is 6.30. The Morgan fingerprint density at radius 1 is 1.06 bits per heavy atom. The van der Waals surface area contributed by atoms with Crippen LogP contribution < -0.4 is 0 Å². The zero-order chi connectivity index (χ0) is 13.0. The van der Waals surface area contributed by atoms with Crippen LogP contribution in [0.3, 0.4) is 0 Å². The molecule has 3 heteroatoms. The fraction of sp³-hybridized carbons (Fsp3) is 0.133. The van der Waals surface area contributed by atoms with Crippen molar-refractivity contribution in [2.24, 2.45) is 0 Å². The van der Waals surface area contributed by atoms with Crippen LogP contribution in [0, 0.1) is 17.1 Å². The van der Waals surface area contributed by atoms with E-state index >= 15 is 0 Å². The van der Waals surface area contributed by atoms with Gasteiger partial charge in [0.05, 0.1) is 12.0 Å². The van der Waals surface area contributed by atoms with Crippen molar-refractivity contribution in [3.05, 3.63) is 70.5 Å². The van der Waals surface area contributed by atoms with Crippen LogP contribution in [-0.2, 0) is 6.42 Å². The third-order valence-electron chi connectivity index (χ3n) is 2.78. The second kappa shape index (κ2) is 5.66. The minimum absolute atomic E-state index is 0.243. The molecule has 1 unspecified atom stereocenters. The summed E-state index contributed by atoms with van der Waals surface area (Å²) < 4.78 is 12.8. The maximum atomic E-state index is 12.8. The predicted octanol–water partition coefficient (Wildman–Crippen LogP) is 4.33. The molecule has 0 bridgehead atoms. The van der Waals surface area contributed by atoms with E-state index in [9.17, 15) is 9.65 Å². The Balaban J connectivity index is 2.17. The molecular formula is C15H11ClFN. The molecule has 0 aliphatic carbocycles. The molecule has 1 atom stereocenters. The Morgan fingerprint density at radius 2 is 1.67 bits per heavy atom. The van der Waals surface area contributed by atoms with Crippen LogP contribution in [0.4, 0.5) is 4.39 Å². The number of hydrogen-bond donors (Lipinski definition) is 0. The van der Waals surface area contributed by atoms with Crippen molar-refractivity contribution in [3.8, 4) is 6.07 Å². The Labute approximate surface area is 110 Å². The first-order valence-corrected chi connectivity index (χ1v) is 5.96. The van der Waals surface area contributed by atoms with Crippen LogP contribution in [0.25, 0.3) is 0 Å². The molecule has 1 nitrogen and oxygen atoms in total. The van der Waals surface area contributed by atoms with Crippen LogP contribution in [0.2, 0.25) is 5.02 Å². The molecule has 0 amide bonds.